The van der Waals surface area contributed by atoms with Crippen LogP contribution in [0.4, 0.5) is 0 Å². The number of ether oxygens (including phenoxy) is 3. The van der Waals surface area contributed by atoms with Gasteiger partial charge >= 0.3 is 5.97 Å². The van der Waals surface area contributed by atoms with Crippen LogP contribution in [0.5, 0.6) is 11.5 Å². The standard InChI is InChI=1S/C37H35N3O5S/c1-7-45-36(42)32-33(25-11-9-8-10-12-25)38-37-40(34(32)26-15-18-29(43-5)30(20-26)44-6)35(41)31(46-37)21-27-19-23(3)39(24(27)4)28-16-13-22(2)14-17-28/h8-21,34H,7H2,1-6H3/b31-21-/t34-/m1/s1. The van der Waals surface area contributed by atoms with E-state index in [2.05, 4.69) is 55.7 Å². The molecule has 0 amide bonds. The Morgan fingerprint density at radius 2 is 1.65 bits per heavy atom. The van der Waals surface area contributed by atoms with Crippen molar-refractivity contribution in [3.05, 3.63) is 138 Å². The predicted octanol–water partition coefficient (Wildman–Crippen LogP) is 5.67. The van der Waals surface area contributed by atoms with Gasteiger partial charge in [-0.2, -0.15) is 0 Å². The van der Waals surface area contributed by atoms with Crippen LogP contribution in [-0.2, 0) is 9.53 Å². The fourth-order valence-electron chi connectivity index (χ4n) is 5.94. The highest BCUT2D eigenvalue weighted by Gasteiger charge is 2.35. The summed E-state index contributed by atoms with van der Waals surface area (Å²) in [5, 5.41) is 0. The van der Waals surface area contributed by atoms with E-state index in [1.807, 2.05) is 42.5 Å². The summed E-state index contributed by atoms with van der Waals surface area (Å²) in [5.74, 6) is 0.473. The summed E-state index contributed by atoms with van der Waals surface area (Å²) >= 11 is 1.30. The molecule has 8 nitrogen and oxygen atoms in total. The van der Waals surface area contributed by atoms with Crippen LogP contribution in [0.1, 0.15) is 46.6 Å². The lowest BCUT2D eigenvalue weighted by Crippen LogP contribution is -2.40. The fourth-order valence-corrected chi connectivity index (χ4v) is 6.94. The van der Waals surface area contributed by atoms with E-state index in [9.17, 15) is 9.59 Å². The van der Waals surface area contributed by atoms with Crippen molar-refractivity contribution in [3.8, 4) is 17.2 Å². The van der Waals surface area contributed by atoms with Crippen LogP contribution in [0, 0.1) is 20.8 Å². The summed E-state index contributed by atoms with van der Waals surface area (Å²) in [6.45, 7) is 8.10. The van der Waals surface area contributed by atoms with E-state index in [-0.39, 0.29) is 17.7 Å². The second-order valence-corrected chi connectivity index (χ2v) is 12.1. The molecule has 234 valence electrons. The quantitative estimate of drug-likeness (QED) is 0.206. The molecule has 0 unspecified atom stereocenters. The van der Waals surface area contributed by atoms with E-state index >= 15 is 0 Å². The number of thiazole rings is 1. The van der Waals surface area contributed by atoms with E-state index in [0.29, 0.717) is 32.1 Å². The summed E-state index contributed by atoms with van der Waals surface area (Å²) in [5.41, 5.74) is 7.14. The third-order valence-corrected chi connectivity index (χ3v) is 9.13. The molecule has 0 saturated carbocycles. The summed E-state index contributed by atoms with van der Waals surface area (Å²) < 4.78 is 21.0. The van der Waals surface area contributed by atoms with Crippen LogP contribution in [0.3, 0.4) is 0 Å². The maximum atomic E-state index is 14.4. The van der Waals surface area contributed by atoms with Crippen molar-refractivity contribution in [2.45, 2.75) is 33.7 Å². The molecule has 9 heteroatoms. The molecule has 0 aliphatic carbocycles. The molecule has 0 N–H and O–H groups in total. The Bertz CT molecular complexity index is 2160. The van der Waals surface area contributed by atoms with Crippen molar-refractivity contribution < 1.29 is 19.0 Å². The fraction of sp³-hybridized carbons (Fsp3) is 0.216. The molecular weight excluding hydrogens is 598 g/mol. The molecule has 1 aliphatic rings. The van der Waals surface area contributed by atoms with Gasteiger partial charge in [0.1, 0.15) is 0 Å². The summed E-state index contributed by atoms with van der Waals surface area (Å²) in [4.78, 5) is 33.6. The van der Waals surface area contributed by atoms with Gasteiger partial charge in [0.15, 0.2) is 16.3 Å². The van der Waals surface area contributed by atoms with Crippen LogP contribution in [0.2, 0.25) is 0 Å². The number of rotatable bonds is 8. The maximum Gasteiger partial charge on any atom is 0.338 e. The number of nitrogens with zero attached hydrogens (tertiary/aromatic N) is 3. The van der Waals surface area contributed by atoms with Gasteiger partial charge in [-0.25, -0.2) is 9.79 Å². The second kappa shape index (κ2) is 12.7. The van der Waals surface area contributed by atoms with Crippen molar-refractivity contribution >= 4 is 29.1 Å². The molecule has 2 aromatic heterocycles. The van der Waals surface area contributed by atoms with Crippen molar-refractivity contribution in [1.82, 2.24) is 9.13 Å². The lowest BCUT2D eigenvalue weighted by atomic mass is 9.93. The predicted molar refractivity (Wildman–Crippen MR) is 181 cm³/mol. The number of aryl methyl sites for hydroxylation is 2. The Labute approximate surface area is 271 Å². The number of carbonyl (C=O) groups is 1. The van der Waals surface area contributed by atoms with E-state index < -0.39 is 12.0 Å². The smallest absolute Gasteiger partial charge is 0.338 e. The number of fused-ring (bicyclic) bond motifs is 1. The molecular formula is C37H35N3O5S. The Morgan fingerprint density at radius 3 is 2.33 bits per heavy atom. The van der Waals surface area contributed by atoms with Gasteiger partial charge in [-0.1, -0.05) is 65.4 Å². The van der Waals surface area contributed by atoms with Crippen LogP contribution in [-0.4, -0.2) is 35.9 Å². The van der Waals surface area contributed by atoms with Crippen molar-refractivity contribution in [2.75, 3.05) is 20.8 Å². The average Bonchev–Trinajstić information content (AvgIpc) is 3.53. The Balaban J connectivity index is 1.61. The molecule has 6 rings (SSSR count). The van der Waals surface area contributed by atoms with Gasteiger partial charge in [-0.3, -0.25) is 9.36 Å². The highest BCUT2D eigenvalue weighted by molar-refractivity contribution is 7.07. The lowest BCUT2D eigenvalue weighted by Gasteiger charge is -2.26. The molecule has 0 bridgehead atoms. The molecule has 0 fully saturated rings. The number of aromatic nitrogens is 2. The third-order valence-electron chi connectivity index (χ3n) is 8.15. The van der Waals surface area contributed by atoms with Crippen molar-refractivity contribution in [3.63, 3.8) is 0 Å². The van der Waals surface area contributed by atoms with Crippen LogP contribution >= 0.6 is 11.3 Å². The van der Waals surface area contributed by atoms with E-state index in [0.717, 1.165) is 28.2 Å². The first-order valence-electron chi connectivity index (χ1n) is 15.0. The first-order valence-corrected chi connectivity index (χ1v) is 15.8. The Morgan fingerprint density at radius 1 is 0.935 bits per heavy atom. The lowest BCUT2D eigenvalue weighted by molar-refractivity contribution is -0.138. The van der Waals surface area contributed by atoms with Gasteiger partial charge in [0, 0.05) is 22.6 Å². The Hall–Kier alpha value is -5.15. The zero-order valence-corrected chi connectivity index (χ0v) is 27.5. The molecule has 0 saturated heterocycles. The van der Waals surface area contributed by atoms with Crippen molar-refractivity contribution in [2.24, 2.45) is 4.99 Å². The second-order valence-electron chi connectivity index (χ2n) is 11.0. The van der Waals surface area contributed by atoms with Crippen LogP contribution < -0.4 is 24.4 Å². The van der Waals surface area contributed by atoms with Gasteiger partial charge in [0.05, 0.1) is 42.7 Å². The van der Waals surface area contributed by atoms with Gasteiger partial charge in [0.2, 0.25) is 0 Å². The number of hydrogen-bond acceptors (Lipinski definition) is 7. The molecule has 5 aromatic rings. The number of hydrogen-bond donors (Lipinski definition) is 0. The van der Waals surface area contributed by atoms with Gasteiger partial charge in [-0.05, 0) is 75.2 Å². The molecule has 46 heavy (non-hydrogen) atoms. The van der Waals surface area contributed by atoms with E-state index in [4.69, 9.17) is 19.2 Å². The topological polar surface area (TPSA) is 84.1 Å². The van der Waals surface area contributed by atoms with E-state index in [1.54, 1.807) is 37.8 Å². The molecule has 3 aromatic carbocycles. The van der Waals surface area contributed by atoms with Crippen LogP contribution in [0.15, 0.2) is 94.2 Å². The first kappa shape index (κ1) is 30.9. The molecule has 1 atom stereocenters. The number of benzene rings is 3. The molecule has 0 spiro atoms. The first-order chi connectivity index (χ1) is 22.2. The normalized spacial score (nSPS) is 14.6. The van der Waals surface area contributed by atoms with Crippen LogP contribution in [0.25, 0.3) is 17.5 Å². The SMILES string of the molecule is CCOC(=O)C1=C(c2ccccc2)N=c2s/c(=C\c3cc(C)n(-c4ccc(C)cc4)c3C)c(=O)n2[C@@H]1c1ccc(OC)c(OC)c1. The van der Waals surface area contributed by atoms with Gasteiger partial charge < -0.3 is 18.8 Å². The third kappa shape index (κ3) is 5.47. The number of methoxy groups -OCH3 is 2. The monoisotopic (exact) mass is 633 g/mol. The van der Waals surface area contributed by atoms with Gasteiger partial charge in [0.25, 0.3) is 5.56 Å². The van der Waals surface area contributed by atoms with Gasteiger partial charge in [-0.15, -0.1) is 0 Å². The molecule has 0 radical (unpaired) electrons. The number of esters is 1. The minimum absolute atomic E-state index is 0.171. The highest BCUT2D eigenvalue weighted by Crippen LogP contribution is 2.38. The van der Waals surface area contributed by atoms with Crippen molar-refractivity contribution in [1.29, 1.82) is 0 Å². The summed E-state index contributed by atoms with van der Waals surface area (Å²) in [6.07, 6.45) is 1.92. The summed E-state index contributed by atoms with van der Waals surface area (Å²) in [6, 6.07) is 24.5. The zero-order chi connectivity index (χ0) is 32.5. The average molecular weight is 634 g/mol. The van der Waals surface area contributed by atoms with E-state index in [1.165, 1.54) is 16.9 Å². The molecule has 1 aliphatic heterocycles. The minimum atomic E-state index is -0.826. The Kier molecular flexibility index (Phi) is 8.51. The maximum absolute atomic E-state index is 14.4. The number of carbonyl (C=O) groups excluding carboxylic acids is 1. The largest absolute Gasteiger partial charge is 0.493 e. The molecule has 3 heterocycles. The summed E-state index contributed by atoms with van der Waals surface area (Å²) in [7, 11) is 3.12. The highest BCUT2D eigenvalue weighted by atomic mass is 32.1. The zero-order valence-electron chi connectivity index (χ0n) is 26.7. The minimum Gasteiger partial charge on any atom is -0.493 e.